The summed E-state index contributed by atoms with van der Waals surface area (Å²) in [6, 6.07) is 29.8. The van der Waals surface area contributed by atoms with Gasteiger partial charge >= 0.3 is 0 Å². The van der Waals surface area contributed by atoms with Crippen molar-refractivity contribution >= 4 is 41.6 Å². The van der Waals surface area contributed by atoms with E-state index in [1.54, 1.807) is 0 Å². The normalized spacial score (nSPS) is 16.7. The molecule has 0 saturated carbocycles. The van der Waals surface area contributed by atoms with Crippen molar-refractivity contribution in [2.24, 2.45) is 0 Å². The number of rotatable bonds is 8. The first-order chi connectivity index (χ1) is 22.1. The zero-order valence-electron chi connectivity index (χ0n) is 27.7. The van der Waals surface area contributed by atoms with Gasteiger partial charge in [0.15, 0.2) is 0 Å². The summed E-state index contributed by atoms with van der Waals surface area (Å²) in [5.74, 6) is 0.159. The molecule has 0 unspecified atom stereocenters. The molecule has 7 rings (SSSR count). The molecule has 4 aromatic rings. The van der Waals surface area contributed by atoms with Gasteiger partial charge in [0.1, 0.15) is 13.6 Å². The van der Waals surface area contributed by atoms with Gasteiger partial charge in [-0.15, -0.1) is 0 Å². The number of fused-ring (bicyclic) bond motifs is 7. The molecule has 4 aromatic carbocycles. The second-order valence-corrected chi connectivity index (χ2v) is 18.0. The van der Waals surface area contributed by atoms with Gasteiger partial charge in [0.05, 0.1) is 0 Å². The van der Waals surface area contributed by atoms with Crippen LogP contribution in [0.3, 0.4) is 0 Å². The number of anilines is 2. The van der Waals surface area contributed by atoms with Crippen LogP contribution in [0, 0.1) is 0 Å². The first-order valence-corrected chi connectivity index (χ1v) is 19.2. The average molecular weight is 630 g/mol. The second-order valence-electron chi connectivity index (χ2n) is 13.7. The molecular formula is C38H43N5O2Si. The van der Waals surface area contributed by atoms with Crippen molar-refractivity contribution in [2.75, 3.05) is 64.2 Å². The number of carbonyl (C=O) groups excluding carboxylic acids is 2. The fourth-order valence-corrected chi connectivity index (χ4v) is 11.1. The molecule has 0 atom stereocenters. The van der Waals surface area contributed by atoms with E-state index in [9.17, 15) is 9.59 Å². The van der Waals surface area contributed by atoms with Gasteiger partial charge in [-0.25, -0.2) is 0 Å². The van der Waals surface area contributed by atoms with Crippen LogP contribution in [0.1, 0.15) is 43.0 Å². The van der Waals surface area contributed by atoms with Gasteiger partial charge in [-0.05, 0) is 69.0 Å². The summed E-state index contributed by atoms with van der Waals surface area (Å²) in [7, 11) is 6.17. The van der Waals surface area contributed by atoms with Gasteiger partial charge in [-0.1, -0.05) is 61.6 Å². The van der Waals surface area contributed by atoms with Crippen LogP contribution in [-0.4, -0.2) is 84.1 Å². The number of nitrogens with one attached hydrogen (secondary N) is 1. The van der Waals surface area contributed by atoms with E-state index in [1.165, 1.54) is 32.9 Å². The molecule has 0 aliphatic carbocycles. The SMILES string of the molecule is CN(C)c1ccc2c(c1)[Si](C)(C)c1cc(N(C)C)ccc1C21c2ccccc2C(=O)N1CCNCCN1Cc2ccccc2C1=O. The minimum atomic E-state index is -2.19. The molecule has 1 N–H and O–H groups in total. The molecular weight excluding hydrogens is 587 g/mol. The molecule has 0 fully saturated rings. The number of benzene rings is 4. The highest BCUT2D eigenvalue weighted by molar-refractivity contribution is 7.01. The number of nitrogens with zero attached hydrogens (tertiary/aromatic N) is 4. The molecule has 7 nitrogen and oxygen atoms in total. The van der Waals surface area contributed by atoms with Crippen LogP contribution >= 0.6 is 0 Å². The molecule has 8 heteroatoms. The van der Waals surface area contributed by atoms with E-state index in [0.29, 0.717) is 32.7 Å². The molecule has 0 radical (unpaired) electrons. The van der Waals surface area contributed by atoms with Crippen LogP contribution in [0.15, 0.2) is 84.9 Å². The number of carbonyl (C=O) groups is 2. The predicted molar refractivity (Wildman–Crippen MR) is 190 cm³/mol. The van der Waals surface area contributed by atoms with E-state index >= 15 is 0 Å². The Balaban J connectivity index is 1.27. The summed E-state index contributed by atoms with van der Waals surface area (Å²) in [6.07, 6.45) is 0. The van der Waals surface area contributed by atoms with Crippen molar-refractivity contribution in [3.05, 3.63) is 118 Å². The van der Waals surface area contributed by atoms with Crippen molar-refractivity contribution in [3.8, 4) is 0 Å². The monoisotopic (exact) mass is 629 g/mol. The Labute approximate surface area is 273 Å². The van der Waals surface area contributed by atoms with Gasteiger partial charge in [-0.3, -0.25) is 9.59 Å². The van der Waals surface area contributed by atoms with Crippen molar-refractivity contribution < 1.29 is 9.59 Å². The molecule has 1 spiro atoms. The molecule has 0 bridgehead atoms. The molecule has 3 aliphatic heterocycles. The fraction of sp³-hybridized carbons (Fsp3) is 0.316. The van der Waals surface area contributed by atoms with Gasteiger partial charge in [0.25, 0.3) is 11.8 Å². The standard InChI is InChI=1S/C38H43N5O2Si/c1-40(2)27-15-17-32-34(23-27)46(5,6)35-24-28(41(3)4)16-18-33(35)38(32)31-14-10-9-13-30(31)37(45)43(38)22-20-39-19-21-42-25-26-11-7-8-12-29(26)36(42)44/h7-18,23-24,39H,19-22,25H2,1-6H3. The summed E-state index contributed by atoms with van der Waals surface area (Å²) in [5.41, 5.74) is 7.78. The van der Waals surface area contributed by atoms with E-state index < -0.39 is 13.6 Å². The Hall–Kier alpha value is -4.40. The first-order valence-electron chi connectivity index (χ1n) is 16.2. The Morgan fingerprint density at radius 3 is 1.87 bits per heavy atom. The quantitative estimate of drug-likeness (QED) is 0.237. The zero-order valence-corrected chi connectivity index (χ0v) is 28.7. The summed E-state index contributed by atoms with van der Waals surface area (Å²) in [5, 5.41) is 6.32. The molecule has 3 heterocycles. The maximum atomic E-state index is 14.5. The third-order valence-corrected chi connectivity index (χ3v) is 13.9. The lowest BCUT2D eigenvalue weighted by molar-refractivity contribution is 0.0680. The van der Waals surface area contributed by atoms with Gasteiger partial charge in [-0.2, -0.15) is 0 Å². The summed E-state index contributed by atoms with van der Waals surface area (Å²) in [6.45, 7) is 7.98. The maximum absolute atomic E-state index is 14.5. The molecule has 0 saturated heterocycles. The predicted octanol–water partition coefficient (Wildman–Crippen LogP) is 3.95. The maximum Gasteiger partial charge on any atom is 0.255 e. The van der Waals surface area contributed by atoms with Gasteiger partial charge < -0.3 is 24.9 Å². The van der Waals surface area contributed by atoms with E-state index in [0.717, 1.165) is 22.3 Å². The summed E-state index contributed by atoms with van der Waals surface area (Å²) >= 11 is 0. The average Bonchev–Trinajstić information content (AvgIpc) is 3.50. The Kier molecular flexibility index (Phi) is 7.33. The lowest BCUT2D eigenvalue weighted by atomic mass is 9.76. The minimum absolute atomic E-state index is 0.0641. The minimum Gasteiger partial charge on any atom is -0.378 e. The number of hydrogen-bond acceptors (Lipinski definition) is 5. The zero-order chi connectivity index (χ0) is 32.4. The third-order valence-electron chi connectivity index (χ3n) is 10.3. The first kappa shape index (κ1) is 30.3. The summed E-state index contributed by atoms with van der Waals surface area (Å²) in [4.78, 5) is 35.7. The largest absolute Gasteiger partial charge is 0.378 e. The molecule has 3 aliphatic rings. The smallest absolute Gasteiger partial charge is 0.255 e. The van der Waals surface area contributed by atoms with Crippen LogP contribution in [-0.2, 0) is 12.1 Å². The van der Waals surface area contributed by atoms with E-state index in [4.69, 9.17) is 0 Å². The number of amides is 2. The highest BCUT2D eigenvalue weighted by Gasteiger charge is 2.57. The molecule has 0 aromatic heterocycles. The second kappa shape index (κ2) is 11.1. The van der Waals surface area contributed by atoms with Crippen LogP contribution in [0.4, 0.5) is 11.4 Å². The fourth-order valence-electron chi connectivity index (χ4n) is 7.88. The van der Waals surface area contributed by atoms with Crippen LogP contribution < -0.4 is 25.5 Å². The van der Waals surface area contributed by atoms with Crippen LogP contribution in [0.25, 0.3) is 0 Å². The van der Waals surface area contributed by atoms with Crippen LogP contribution in [0.5, 0.6) is 0 Å². The van der Waals surface area contributed by atoms with E-state index in [2.05, 4.69) is 110 Å². The molecule has 46 heavy (non-hydrogen) atoms. The molecule has 2 amide bonds. The van der Waals surface area contributed by atoms with E-state index in [-0.39, 0.29) is 11.8 Å². The number of hydrogen-bond donors (Lipinski definition) is 1. The van der Waals surface area contributed by atoms with Crippen molar-refractivity contribution in [2.45, 2.75) is 25.2 Å². The Morgan fingerprint density at radius 1 is 0.696 bits per heavy atom. The highest BCUT2D eigenvalue weighted by Crippen LogP contribution is 2.51. The lowest BCUT2D eigenvalue weighted by Crippen LogP contribution is -2.66. The summed E-state index contributed by atoms with van der Waals surface area (Å²) < 4.78 is 0. The third kappa shape index (κ3) is 4.41. The van der Waals surface area contributed by atoms with Gasteiger partial charge in [0, 0.05) is 83.4 Å². The van der Waals surface area contributed by atoms with E-state index in [1.807, 2.05) is 41.3 Å². The van der Waals surface area contributed by atoms with Gasteiger partial charge in [0.2, 0.25) is 0 Å². The molecule has 236 valence electrons. The Bertz CT molecular complexity index is 1800. The van der Waals surface area contributed by atoms with Crippen molar-refractivity contribution in [3.63, 3.8) is 0 Å². The lowest BCUT2D eigenvalue weighted by Gasteiger charge is -2.49. The topological polar surface area (TPSA) is 59.1 Å². The van der Waals surface area contributed by atoms with Crippen LogP contribution in [0.2, 0.25) is 13.1 Å². The Morgan fingerprint density at radius 2 is 1.26 bits per heavy atom. The van der Waals surface area contributed by atoms with Crippen molar-refractivity contribution in [1.82, 2.24) is 15.1 Å². The highest BCUT2D eigenvalue weighted by atomic mass is 28.3. The van der Waals surface area contributed by atoms with Crippen molar-refractivity contribution in [1.29, 1.82) is 0 Å².